The Bertz CT molecular complexity index is 817. The molecule has 0 aliphatic heterocycles. The third-order valence-corrected chi connectivity index (χ3v) is 4.68. The van der Waals surface area contributed by atoms with Gasteiger partial charge in [-0.15, -0.1) is 0 Å². The van der Waals surface area contributed by atoms with E-state index in [1.807, 2.05) is 0 Å². The summed E-state index contributed by atoms with van der Waals surface area (Å²) in [6.07, 6.45) is -4.15. The first kappa shape index (κ1) is 31.2. The number of amides is 4. The Morgan fingerprint density at radius 2 is 1.06 bits per heavy atom. The largest absolute Gasteiger partial charge is 0.481 e. The number of nitrogens with one attached hydrogen (secondary N) is 3. The average Bonchev–Trinajstić information content (AvgIpc) is 2.74. The van der Waals surface area contributed by atoms with Crippen LogP contribution >= 0.6 is 0 Å². The van der Waals surface area contributed by atoms with Crippen molar-refractivity contribution in [3.8, 4) is 0 Å². The fourth-order valence-corrected chi connectivity index (χ4v) is 2.65. The molecule has 5 unspecified atom stereocenters. The van der Waals surface area contributed by atoms with Crippen molar-refractivity contribution in [1.29, 1.82) is 0 Å². The summed E-state index contributed by atoms with van der Waals surface area (Å²) in [5.41, 5.74) is 10.6. The topological polar surface area (TPSA) is 289 Å². The smallest absolute Gasteiger partial charge is 0.326 e. The third kappa shape index (κ3) is 12.9. The van der Waals surface area contributed by atoms with Gasteiger partial charge in [-0.3, -0.25) is 28.8 Å². The number of nitrogens with two attached hydrogens (primary N) is 2. The fourth-order valence-electron chi connectivity index (χ4n) is 2.65. The van der Waals surface area contributed by atoms with Crippen LogP contribution in [-0.2, 0) is 33.6 Å². The maximum atomic E-state index is 12.8. The van der Waals surface area contributed by atoms with E-state index >= 15 is 0 Å². The Balaban J connectivity index is 5.65. The quantitative estimate of drug-likeness (QED) is 0.0920. The Kier molecular flexibility index (Phi) is 13.5. The van der Waals surface area contributed by atoms with Gasteiger partial charge in [0, 0.05) is 19.3 Å². The van der Waals surface area contributed by atoms with E-state index in [-0.39, 0.29) is 6.42 Å². The highest BCUT2D eigenvalue weighted by atomic mass is 16.4. The van der Waals surface area contributed by atoms with Gasteiger partial charge in [-0.25, -0.2) is 4.79 Å². The van der Waals surface area contributed by atoms with Crippen LogP contribution in [0, 0.1) is 0 Å². The first-order valence-corrected chi connectivity index (χ1v) is 10.4. The Morgan fingerprint density at radius 3 is 1.43 bits per heavy atom. The Labute approximate surface area is 199 Å². The molecule has 0 saturated heterocycles. The van der Waals surface area contributed by atoms with Gasteiger partial charge in [-0.2, -0.15) is 0 Å². The molecule has 0 aromatic heterocycles. The molecule has 0 fully saturated rings. The number of hydrogen-bond donors (Lipinski definition) is 9. The summed E-state index contributed by atoms with van der Waals surface area (Å²) in [6.45, 7) is 1.21. The maximum absolute atomic E-state index is 12.8. The molecule has 11 N–H and O–H groups in total. The zero-order chi connectivity index (χ0) is 27.3. The van der Waals surface area contributed by atoms with Crippen LogP contribution in [0.4, 0.5) is 0 Å². The van der Waals surface area contributed by atoms with Crippen LogP contribution in [0.15, 0.2) is 0 Å². The molecule has 16 heteroatoms. The zero-order valence-corrected chi connectivity index (χ0v) is 18.9. The fraction of sp³-hybridized carbons (Fsp3) is 0.632. The number of carbonyl (C=O) groups is 7. The van der Waals surface area contributed by atoms with E-state index < -0.39 is 104 Å². The molecule has 4 amide bonds. The minimum atomic E-state index is -1.63. The lowest BCUT2D eigenvalue weighted by molar-refractivity contribution is -0.143. The molecule has 0 aromatic carbocycles. The summed E-state index contributed by atoms with van der Waals surface area (Å²) < 4.78 is 0. The van der Waals surface area contributed by atoms with Gasteiger partial charge in [0.25, 0.3) is 0 Å². The molecule has 0 aliphatic carbocycles. The molecule has 0 rings (SSSR count). The van der Waals surface area contributed by atoms with Crippen LogP contribution in [0.5, 0.6) is 0 Å². The highest BCUT2D eigenvalue weighted by molar-refractivity contribution is 5.94. The molecule has 5 atom stereocenters. The number of aliphatic hydroxyl groups is 1. The van der Waals surface area contributed by atoms with Gasteiger partial charge in [0.2, 0.25) is 23.6 Å². The standard InChI is InChI=1S/C19H31N5O11/c1-8(25)15(21)18(33)23-10(3-6-13(27)28)16(31)22-9(2-5-12(20)26)17(32)24-11(19(34)35)4-7-14(29)30/h8-11,15,25H,2-7,21H2,1H3,(H2,20,26)(H,22,31)(H,23,33)(H,24,32)(H,27,28)(H,29,30)(H,34,35). The molecule has 0 radical (unpaired) electrons. The normalized spacial score (nSPS) is 14.9. The van der Waals surface area contributed by atoms with Gasteiger partial charge in [0.15, 0.2) is 0 Å². The minimum Gasteiger partial charge on any atom is -0.481 e. The summed E-state index contributed by atoms with van der Waals surface area (Å²) in [5.74, 6) is -8.13. The number of aliphatic hydroxyl groups excluding tert-OH is 1. The number of rotatable bonds is 17. The highest BCUT2D eigenvalue weighted by Gasteiger charge is 2.31. The molecule has 0 spiro atoms. The second-order valence-electron chi connectivity index (χ2n) is 7.66. The summed E-state index contributed by atoms with van der Waals surface area (Å²) in [5, 5.41) is 42.7. The zero-order valence-electron chi connectivity index (χ0n) is 18.9. The minimum absolute atomic E-state index is 0.384. The van der Waals surface area contributed by atoms with Crippen LogP contribution in [-0.4, -0.2) is 92.2 Å². The van der Waals surface area contributed by atoms with Crippen molar-refractivity contribution >= 4 is 41.5 Å². The van der Waals surface area contributed by atoms with Gasteiger partial charge in [0.1, 0.15) is 24.2 Å². The van der Waals surface area contributed by atoms with Crippen molar-refractivity contribution < 1.29 is 54.0 Å². The SMILES string of the molecule is CC(O)C(N)C(=O)NC(CCC(=O)O)C(=O)NC(CCC(N)=O)C(=O)NC(CCC(=O)O)C(=O)O. The molecule has 0 bridgehead atoms. The molecule has 35 heavy (non-hydrogen) atoms. The van der Waals surface area contributed by atoms with Gasteiger partial charge in [0.05, 0.1) is 6.10 Å². The third-order valence-electron chi connectivity index (χ3n) is 4.68. The summed E-state index contributed by atoms with van der Waals surface area (Å²) in [6, 6.07) is -6.14. The number of carboxylic acids is 3. The van der Waals surface area contributed by atoms with E-state index in [0.717, 1.165) is 0 Å². The van der Waals surface area contributed by atoms with Crippen LogP contribution < -0.4 is 27.4 Å². The molecule has 0 heterocycles. The maximum Gasteiger partial charge on any atom is 0.326 e. The van der Waals surface area contributed by atoms with Crippen molar-refractivity contribution in [2.45, 2.75) is 75.7 Å². The Morgan fingerprint density at radius 1 is 0.686 bits per heavy atom. The van der Waals surface area contributed by atoms with Gasteiger partial charge >= 0.3 is 17.9 Å². The van der Waals surface area contributed by atoms with Crippen LogP contribution in [0.3, 0.4) is 0 Å². The molecular formula is C19H31N5O11. The number of carbonyl (C=O) groups excluding carboxylic acids is 4. The van der Waals surface area contributed by atoms with Crippen molar-refractivity contribution in [3.05, 3.63) is 0 Å². The van der Waals surface area contributed by atoms with Gasteiger partial charge < -0.3 is 47.8 Å². The van der Waals surface area contributed by atoms with Crippen molar-refractivity contribution in [1.82, 2.24) is 16.0 Å². The lowest BCUT2D eigenvalue weighted by Gasteiger charge is -2.25. The second kappa shape index (κ2) is 15.2. The summed E-state index contributed by atoms with van der Waals surface area (Å²) in [7, 11) is 0. The van der Waals surface area contributed by atoms with Crippen molar-refractivity contribution in [2.75, 3.05) is 0 Å². The van der Waals surface area contributed by atoms with Crippen LogP contribution in [0.25, 0.3) is 0 Å². The van der Waals surface area contributed by atoms with Crippen molar-refractivity contribution in [3.63, 3.8) is 0 Å². The molecule has 0 aliphatic rings. The molecular weight excluding hydrogens is 474 g/mol. The van der Waals surface area contributed by atoms with Crippen molar-refractivity contribution in [2.24, 2.45) is 11.5 Å². The van der Waals surface area contributed by atoms with Crippen LogP contribution in [0.1, 0.15) is 45.4 Å². The monoisotopic (exact) mass is 505 g/mol. The molecule has 16 nitrogen and oxygen atoms in total. The van der Waals surface area contributed by atoms with Gasteiger partial charge in [-0.05, 0) is 26.2 Å². The predicted molar refractivity (Wildman–Crippen MR) is 115 cm³/mol. The number of carboxylic acid groups (broad SMARTS) is 3. The summed E-state index contributed by atoms with van der Waals surface area (Å²) >= 11 is 0. The van der Waals surface area contributed by atoms with Crippen LogP contribution in [0.2, 0.25) is 0 Å². The Hall–Kier alpha value is -3.79. The summed E-state index contributed by atoms with van der Waals surface area (Å²) in [4.78, 5) is 81.7. The lowest BCUT2D eigenvalue weighted by Crippen LogP contribution is -2.58. The van der Waals surface area contributed by atoms with E-state index in [1.165, 1.54) is 6.92 Å². The van der Waals surface area contributed by atoms with Gasteiger partial charge in [-0.1, -0.05) is 0 Å². The molecule has 0 aromatic rings. The number of primary amides is 1. The number of aliphatic carboxylic acids is 3. The lowest BCUT2D eigenvalue weighted by atomic mass is 10.1. The molecule has 0 saturated carbocycles. The highest BCUT2D eigenvalue weighted by Crippen LogP contribution is 2.06. The first-order chi connectivity index (χ1) is 16.1. The van der Waals surface area contributed by atoms with E-state index in [1.54, 1.807) is 0 Å². The van der Waals surface area contributed by atoms with E-state index in [4.69, 9.17) is 21.7 Å². The van der Waals surface area contributed by atoms with E-state index in [9.17, 15) is 43.8 Å². The predicted octanol–water partition coefficient (Wildman–Crippen LogP) is -3.77. The molecule has 198 valence electrons. The first-order valence-electron chi connectivity index (χ1n) is 10.4. The second-order valence-corrected chi connectivity index (χ2v) is 7.66. The van der Waals surface area contributed by atoms with E-state index in [0.29, 0.717) is 0 Å². The number of hydrogen-bond acceptors (Lipinski definition) is 9. The van der Waals surface area contributed by atoms with E-state index in [2.05, 4.69) is 16.0 Å². The average molecular weight is 505 g/mol.